The Morgan fingerprint density at radius 1 is 1.08 bits per heavy atom. The molecule has 3 rings (SSSR count). The smallest absolute Gasteiger partial charge is 0.251 e. The number of rotatable bonds is 7. The third-order valence-electron chi connectivity index (χ3n) is 4.72. The van der Waals surface area contributed by atoms with E-state index in [-0.39, 0.29) is 11.9 Å². The minimum Gasteiger partial charge on any atom is -0.491 e. The Bertz CT molecular complexity index is 704. The van der Waals surface area contributed by atoms with Gasteiger partial charge in [-0.2, -0.15) is 0 Å². The highest BCUT2D eigenvalue weighted by molar-refractivity contribution is 5.94. The maximum Gasteiger partial charge on any atom is 0.251 e. The number of carbonyl (C=O) groups is 1. The molecule has 0 spiro atoms. The monoisotopic (exact) mass is 352 g/mol. The van der Waals surface area contributed by atoms with Crippen molar-refractivity contribution in [2.45, 2.75) is 39.3 Å². The van der Waals surface area contributed by atoms with Gasteiger partial charge in [-0.05, 0) is 69.6 Å². The van der Waals surface area contributed by atoms with Crippen LogP contribution in [0.3, 0.4) is 0 Å². The second-order valence-electron chi connectivity index (χ2n) is 7.18. The van der Waals surface area contributed by atoms with E-state index in [1.165, 1.54) is 37.1 Å². The Balaban J connectivity index is 1.46. The minimum atomic E-state index is -0.0620. The summed E-state index contributed by atoms with van der Waals surface area (Å²) in [6.07, 6.45) is 2.59. The summed E-state index contributed by atoms with van der Waals surface area (Å²) in [4.78, 5) is 14.8. The van der Waals surface area contributed by atoms with Crippen molar-refractivity contribution >= 4 is 5.91 Å². The van der Waals surface area contributed by atoms with Crippen LogP contribution >= 0.6 is 0 Å². The Labute approximate surface area is 156 Å². The molecule has 26 heavy (non-hydrogen) atoms. The Kier molecular flexibility index (Phi) is 6.29. The van der Waals surface area contributed by atoms with E-state index in [4.69, 9.17) is 4.74 Å². The first-order valence-corrected chi connectivity index (χ1v) is 9.42. The van der Waals surface area contributed by atoms with Crippen molar-refractivity contribution in [1.82, 2.24) is 10.2 Å². The molecule has 1 aliphatic heterocycles. The molecule has 2 aromatic rings. The predicted octanol–water partition coefficient (Wildman–Crippen LogP) is 3.79. The highest BCUT2D eigenvalue weighted by atomic mass is 16.5. The Morgan fingerprint density at radius 3 is 2.38 bits per heavy atom. The number of amides is 1. The molecule has 1 heterocycles. The molecule has 1 fully saturated rings. The molecule has 2 aromatic carbocycles. The van der Waals surface area contributed by atoms with E-state index < -0.39 is 0 Å². The standard InChI is InChI=1S/C22H28N2O2/c1-17-5-11-21(12-6-17)26-16-18(2)23-22(25)20-9-7-19(8-10-20)15-24-13-3-4-14-24/h5-12,18H,3-4,13-16H2,1-2H3,(H,23,25). The summed E-state index contributed by atoms with van der Waals surface area (Å²) in [5.74, 6) is 0.765. The van der Waals surface area contributed by atoms with Gasteiger partial charge in [0.25, 0.3) is 5.91 Å². The topological polar surface area (TPSA) is 41.6 Å². The van der Waals surface area contributed by atoms with E-state index in [9.17, 15) is 4.79 Å². The number of nitrogens with zero attached hydrogens (tertiary/aromatic N) is 1. The van der Waals surface area contributed by atoms with Gasteiger partial charge in [-0.3, -0.25) is 9.69 Å². The summed E-state index contributed by atoms with van der Waals surface area (Å²) in [6, 6.07) is 15.8. The van der Waals surface area contributed by atoms with Crippen molar-refractivity contribution in [3.63, 3.8) is 0 Å². The molecule has 0 radical (unpaired) electrons. The van der Waals surface area contributed by atoms with Crippen molar-refractivity contribution in [2.75, 3.05) is 19.7 Å². The fourth-order valence-corrected chi connectivity index (χ4v) is 3.16. The fraction of sp³-hybridized carbons (Fsp3) is 0.409. The molecule has 0 bridgehead atoms. The molecule has 1 amide bonds. The highest BCUT2D eigenvalue weighted by Gasteiger charge is 2.13. The molecule has 1 saturated heterocycles. The van der Waals surface area contributed by atoms with Crippen LogP contribution in [0, 0.1) is 6.92 Å². The maximum absolute atomic E-state index is 12.4. The number of hydrogen-bond acceptors (Lipinski definition) is 3. The minimum absolute atomic E-state index is 0.0577. The number of aryl methyl sites for hydroxylation is 1. The predicted molar refractivity (Wildman–Crippen MR) is 105 cm³/mol. The zero-order valence-corrected chi connectivity index (χ0v) is 15.7. The average molecular weight is 352 g/mol. The summed E-state index contributed by atoms with van der Waals surface area (Å²) in [6.45, 7) is 7.78. The average Bonchev–Trinajstić information content (AvgIpc) is 3.15. The van der Waals surface area contributed by atoms with E-state index in [0.29, 0.717) is 12.2 Å². The molecule has 138 valence electrons. The van der Waals surface area contributed by atoms with Gasteiger partial charge >= 0.3 is 0 Å². The van der Waals surface area contributed by atoms with Crippen LogP contribution in [0.5, 0.6) is 5.75 Å². The van der Waals surface area contributed by atoms with Crippen molar-refractivity contribution in [1.29, 1.82) is 0 Å². The first-order chi connectivity index (χ1) is 12.6. The van der Waals surface area contributed by atoms with Crippen molar-refractivity contribution < 1.29 is 9.53 Å². The molecular weight excluding hydrogens is 324 g/mol. The lowest BCUT2D eigenvalue weighted by Crippen LogP contribution is -2.36. The number of benzene rings is 2. The quantitative estimate of drug-likeness (QED) is 0.824. The van der Waals surface area contributed by atoms with E-state index in [1.54, 1.807) is 0 Å². The first-order valence-electron chi connectivity index (χ1n) is 9.42. The molecule has 4 nitrogen and oxygen atoms in total. The van der Waals surface area contributed by atoms with E-state index in [0.717, 1.165) is 12.3 Å². The molecule has 1 atom stereocenters. The van der Waals surface area contributed by atoms with Crippen LogP contribution in [0.25, 0.3) is 0 Å². The summed E-state index contributed by atoms with van der Waals surface area (Å²) >= 11 is 0. The third kappa shape index (κ3) is 5.33. The Hall–Kier alpha value is -2.33. The van der Waals surface area contributed by atoms with E-state index >= 15 is 0 Å². The van der Waals surface area contributed by atoms with Crippen LogP contribution in [0.1, 0.15) is 41.3 Å². The number of likely N-dealkylation sites (tertiary alicyclic amines) is 1. The van der Waals surface area contributed by atoms with Crippen LogP contribution in [0.15, 0.2) is 48.5 Å². The maximum atomic E-state index is 12.4. The number of carbonyl (C=O) groups excluding carboxylic acids is 1. The number of ether oxygens (including phenoxy) is 1. The molecule has 1 N–H and O–H groups in total. The zero-order chi connectivity index (χ0) is 18.4. The van der Waals surface area contributed by atoms with Crippen molar-refractivity contribution in [2.24, 2.45) is 0 Å². The van der Waals surface area contributed by atoms with Gasteiger partial charge in [-0.1, -0.05) is 29.8 Å². The number of nitrogens with one attached hydrogen (secondary N) is 1. The van der Waals surface area contributed by atoms with Gasteiger partial charge in [-0.15, -0.1) is 0 Å². The lowest BCUT2D eigenvalue weighted by Gasteiger charge is -2.16. The summed E-state index contributed by atoms with van der Waals surface area (Å²) in [5.41, 5.74) is 3.16. The SMILES string of the molecule is Cc1ccc(OCC(C)NC(=O)c2ccc(CN3CCCC3)cc2)cc1. The van der Waals surface area contributed by atoms with Gasteiger partial charge in [0, 0.05) is 12.1 Å². The van der Waals surface area contributed by atoms with Gasteiger partial charge in [0.05, 0.1) is 6.04 Å². The molecular formula is C22H28N2O2. The molecule has 0 aliphatic carbocycles. The van der Waals surface area contributed by atoms with Gasteiger partial charge in [0.2, 0.25) is 0 Å². The van der Waals surface area contributed by atoms with Crippen molar-refractivity contribution in [3.8, 4) is 5.75 Å². The second kappa shape index (κ2) is 8.86. The summed E-state index contributed by atoms with van der Waals surface area (Å²) in [7, 11) is 0. The number of hydrogen-bond donors (Lipinski definition) is 1. The van der Waals surface area contributed by atoms with Crippen LogP contribution in [-0.4, -0.2) is 36.5 Å². The molecule has 1 unspecified atom stereocenters. The zero-order valence-electron chi connectivity index (χ0n) is 15.7. The normalized spacial score (nSPS) is 15.6. The highest BCUT2D eigenvalue weighted by Crippen LogP contribution is 2.14. The second-order valence-corrected chi connectivity index (χ2v) is 7.18. The van der Waals surface area contributed by atoms with Crippen LogP contribution in [-0.2, 0) is 6.54 Å². The van der Waals surface area contributed by atoms with Crippen molar-refractivity contribution in [3.05, 3.63) is 65.2 Å². The van der Waals surface area contributed by atoms with E-state index in [1.807, 2.05) is 50.2 Å². The molecule has 0 aromatic heterocycles. The van der Waals surface area contributed by atoms with Crippen LogP contribution in [0.2, 0.25) is 0 Å². The molecule has 4 heteroatoms. The van der Waals surface area contributed by atoms with E-state index in [2.05, 4.69) is 22.3 Å². The van der Waals surface area contributed by atoms with Gasteiger partial charge in [0.15, 0.2) is 0 Å². The summed E-state index contributed by atoms with van der Waals surface area (Å²) in [5, 5.41) is 3.00. The van der Waals surface area contributed by atoms with Gasteiger partial charge in [-0.25, -0.2) is 0 Å². The van der Waals surface area contributed by atoms with Gasteiger partial charge in [0.1, 0.15) is 12.4 Å². The first kappa shape index (κ1) is 18.5. The van der Waals surface area contributed by atoms with Crippen LogP contribution < -0.4 is 10.1 Å². The lowest BCUT2D eigenvalue weighted by molar-refractivity contribution is 0.0926. The molecule has 1 aliphatic rings. The van der Waals surface area contributed by atoms with Gasteiger partial charge < -0.3 is 10.1 Å². The summed E-state index contributed by atoms with van der Waals surface area (Å²) < 4.78 is 5.73. The largest absolute Gasteiger partial charge is 0.491 e. The fourth-order valence-electron chi connectivity index (χ4n) is 3.16. The van der Waals surface area contributed by atoms with Crippen LogP contribution in [0.4, 0.5) is 0 Å². The Morgan fingerprint density at radius 2 is 1.73 bits per heavy atom. The third-order valence-corrected chi connectivity index (χ3v) is 4.72. The molecule has 0 saturated carbocycles. The lowest BCUT2D eigenvalue weighted by atomic mass is 10.1.